The SMILES string of the molecule is COC(=O)c1sccc1NC(=O)c1ccc(CN)cc1. The topological polar surface area (TPSA) is 81.4 Å². The van der Waals surface area contributed by atoms with Crippen molar-refractivity contribution in [3.63, 3.8) is 0 Å². The normalized spacial score (nSPS) is 10.1. The molecule has 0 bridgehead atoms. The molecule has 1 amide bonds. The zero-order chi connectivity index (χ0) is 14.5. The first-order valence-electron chi connectivity index (χ1n) is 5.92. The van der Waals surface area contributed by atoms with Crippen LogP contribution in [-0.2, 0) is 11.3 Å². The number of methoxy groups -OCH3 is 1. The maximum absolute atomic E-state index is 12.1. The third kappa shape index (κ3) is 3.04. The van der Waals surface area contributed by atoms with Crippen molar-refractivity contribution in [2.24, 2.45) is 5.73 Å². The van der Waals surface area contributed by atoms with Crippen molar-refractivity contribution >= 4 is 28.9 Å². The van der Waals surface area contributed by atoms with Crippen molar-refractivity contribution in [3.8, 4) is 0 Å². The van der Waals surface area contributed by atoms with Gasteiger partial charge in [-0.1, -0.05) is 12.1 Å². The molecule has 20 heavy (non-hydrogen) atoms. The Morgan fingerprint density at radius 3 is 2.55 bits per heavy atom. The minimum Gasteiger partial charge on any atom is -0.465 e. The molecule has 0 aliphatic heterocycles. The second-order valence-corrected chi connectivity index (χ2v) is 4.93. The van der Waals surface area contributed by atoms with Crippen LogP contribution in [0.5, 0.6) is 0 Å². The van der Waals surface area contributed by atoms with Gasteiger partial charge in [0.25, 0.3) is 5.91 Å². The van der Waals surface area contributed by atoms with Gasteiger partial charge in [-0.2, -0.15) is 0 Å². The van der Waals surface area contributed by atoms with Crippen LogP contribution in [0.2, 0.25) is 0 Å². The molecular weight excluding hydrogens is 276 g/mol. The summed E-state index contributed by atoms with van der Waals surface area (Å²) in [5.74, 6) is -0.745. The average molecular weight is 290 g/mol. The van der Waals surface area contributed by atoms with E-state index in [0.717, 1.165) is 5.56 Å². The second-order valence-electron chi connectivity index (χ2n) is 4.01. The van der Waals surface area contributed by atoms with E-state index in [9.17, 15) is 9.59 Å². The molecule has 0 unspecified atom stereocenters. The second kappa shape index (κ2) is 6.31. The highest BCUT2D eigenvalue weighted by Gasteiger charge is 2.16. The van der Waals surface area contributed by atoms with Crippen LogP contribution in [0.25, 0.3) is 0 Å². The van der Waals surface area contributed by atoms with E-state index >= 15 is 0 Å². The van der Waals surface area contributed by atoms with Crippen LogP contribution in [0.4, 0.5) is 5.69 Å². The summed E-state index contributed by atoms with van der Waals surface area (Å²) in [5.41, 5.74) is 7.41. The van der Waals surface area contributed by atoms with Gasteiger partial charge in [0.1, 0.15) is 4.88 Å². The predicted molar refractivity (Wildman–Crippen MR) is 77.9 cm³/mol. The number of esters is 1. The van der Waals surface area contributed by atoms with Crippen molar-refractivity contribution in [2.45, 2.75) is 6.54 Å². The summed E-state index contributed by atoms with van der Waals surface area (Å²) in [7, 11) is 1.30. The molecule has 2 aromatic rings. The number of ether oxygens (including phenoxy) is 1. The molecule has 2 rings (SSSR count). The van der Waals surface area contributed by atoms with Gasteiger partial charge in [0.05, 0.1) is 12.8 Å². The van der Waals surface area contributed by atoms with Crippen molar-refractivity contribution in [2.75, 3.05) is 12.4 Å². The first-order chi connectivity index (χ1) is 9.65. The molecule has 5 nitrogen and oxygen atoms in total. The number of hydrogen-bond acceptors (Lipinski definition) is 5. The lowest BCUT2D eigenvalue weighted by molar-refractivity contribution is 0.0607. The quantitative estimate of drug-likeness (QED) is 0.846. The Bertz CT molecular complexity index is 620. The Morgan fingerprint density at radius 1 is 1.25 bits per heavy atom. The monoisotopic (exact) mass is 290 g/mol. The zero-order valence-corrected chi connectivity index (χ0v) is 11.7. The molecule has 0 saturated carbocycles. The number of amides is 1. The molecular formula is C14H14N2O3S. The highest BCUT2D eigenvalue weighted by molar-refractivity contribution is 7.12. The lowest BCUT2D eigenvalue weighted by Crippen LogP contribution is -2.14. The van der Waals surface area contributed by atoms with Crippen molar-refractivity contribution < 1.29 is 14.3 Å². The number of nitrogens with one attached hydrogen (secondary N) is 1. The lowest BCUT2D eigenvalue weighted by atomic mass is 10.1. The number of rotatable bonds is 4. The van der Waals surface area contributed by atoms with E-state index < -0.39 is 5.97 Å². The van der Waals surface area contributed by atoms with Crippen molar-refractivity contribution in [1.82, 2.24) is 0 Å². The number of carbonyl (C=O) groups is 2. The summed E-state index contributed by atoms with van der Waals surface area (Å²) in [6.07, 6.45) is 0. The summed E-state index contributed by atoms with van der Waals surface area (Å²) >= 11 is 1.22. The smallest absolute Gasteiger partial charge is 0.350 e. The van der Waals surface area contributed by atoms with Gasteiger partial charge in [-0.15, -0.1) is 11.3 Å². The van der Waals surface area contributed by atoms with Gasteiger partial charge in [0.15, 0.2) is 0 Å². The third-order valence-electron chi connectivity index (χ3n) is 2.74. The summed E-state index contributed by atoms with van der Waals surface area (Å²) < 4.78 is 4.66. The molecule has 0 saturated heterocycles. The zero-order valence-electron chi connectivity index (χ0n) is 10.9. The molecule has 0 atom stereocenters. The molecule has 1 aromatic carbocycles. The van der Waals surface area contributed by atoms with Gasteiger partial charge in [-0.05, 0) is 29.1 Å². The molecule has 0 spiro atoms. The Labute approximate surface area is 120 Å². The van der Waals surface area contributed by atoms with Gasteiger partial charge in [-0.25, -0.2) is 4.79 Å². The van der Waals surface area contributed by atoms with Crippen LogP contribution < -0.4 is 11.1 Å². The van der Waals surface area contributed by atoms with E-state index in [0.29, 0.717) is 22.7 Å². The van der Waals surface area contributed by atoms with Crippen molar-refractivity contribution in [3.05, 3.63) is 51.7 Å². The van der Waals surface area contributed by atoms with Crippen molar-refractivity contribution in [1.29, 1.82) is 0 Å². The number of hydrogen-bond donors (Lipinski definition) is 2. The summed E-state index contributed by atoms with van der Waals surface area (Å²) in [4.78, 5) is 24.0. The van der Waals surface area contributed by atoms with E-state index in [-0.39, 0.29) is 5.91 Å². The van der Waals surface area contributed by atoms with Crippen LogP contribution >= 0.6 is 11.3 Å². The number of benzene rings is 1. The average Bonchev–Trinajstić information content (AvgIpc) is 2.94. The van der Waals surface area contributed by atoms with Gasteiger partial charge < -0.3 is 15.8 Å². The maximum Gasteiger partial charge on any atom is 0.350 e. The number of anilines is 1. The Kier molecular flexibility index (Phi) is 4.49. The highest BCUT2D eigenvalue weighted by Crippen LogP contribution is 2.23. The van der Waals surface area contributed by atoms with Crippen LogP contribution in [0.15, 0.2) is 35.7 Å². The van der Waals surface area contributed by atoms with E-state index in [1.165, 1.54) is 18.4 Å². The van der Waals surface area contributed by atoms with E-state index in [1.54, 1.807) is 35.7 Å². The number of thiophene rings is 1. The largest absolute Gasteiger partial charge is 0.465 e. The van der Waals surface area contributed by atoms with Gasteiger partial charge in [0.2, 0.25) is 0 Å². The fraction of sp³-hybridized carbons (Fsp3) is 0.143. The van der Waals surface area contributed by atoms with E-state index in [4.69, 9.17) is 5.73 Å². The van der Waals surface area contributed by atoms with E-state index in [2.05, 4.69) is 10.1 Å². The molecule has 0 fully saturated rings. The fourth-order valence-corrected chi connectivity index (χ4v) is 2.41. The molecule has 0 radical (unpaired) electrons. The standard InChI is InChI=1S/C14H14N2O3S/c1-19-14(18)12-11(6-7-20-12)16-13(17)10-4-2-9(8-15)3-5-10/h2-7H,8,15H2,1H3,(H,16,17). The minimum atomic E-state index is -0.464. The minimum absolute atomic E-state index is 0.280. The van der Waals surface area contributed by atoms with Crippen LogP contribution in [-0.4, -0.2) is 19.0 Å². The molecule has 1 heterocycles. The Balaban J connectivity index is 2.15. The first-order valence-corrected chi connectivity index (χ1v) is 6.80. The summed E-state index contributed by atoms with van der Waals surface area (Å²) in [6, 6.07) is 8.65. The lowest BCUT2D eigenvalue weighted by Gasteiger charge is -2.06. The molecule has 6 heteroatoms. The van der Waals surface area contributed by atoms with Crippen LogP contribution in [0.3, 0.4) is 0 Å². The van der Waals surface area contributed by atoms with Crippen LogP contribution in [0.1, 0.15) is 25.6 Å². The van der Waals surface area contributed by atoms with Crippen LogP contribution in [0, 0.1) is 0 Å². The van der Waals surface area contributed by atoms with Gasteiger partial charge in [-0.3, -0.25) is 4.79 Å². The summed E-state index contributed by atoms with van der Waals surface area (Å²) in [6.45, 7) is 0.429. The van der Waals surface area contributed by atoms with Gasteiger partial charge >= 0.3 is 5.97 Å². The summed E-state index contributed by atoms with van der Waals surface area (Å²) in [5, 5.41) is 4.42. The molecule has 0 aliphatic carbocycles. The van der Waals surface area contributed by atoms with Gasteiger partial charge in [0, 0.05) is 12.1 Å². The fourth-order valence-electron chi connectivity index (χ4n) is 1.65. The number of carbonyl (C=O) groups excluding carboxylic acids is 2. The molecule has 3 N–H and O–H groups in total. The maximum atomic E-state index is 12.1. The Hall–Kier alpha value is -2.18. The third-order valence-corrected chi connectivity index (χ3v) is 3.63. The molecule has 104 valence electrons. The molecule has 1 aromatic heterocycles. The highest BCUT2D eigenvalue weighted by atomic mass is 32.1. The molecule has 0 aliphatic rings. The number of nitrogens with two attached hydrogens (primary N) is 1. The Morgan fingerprint density at radius 2 is 1.95 bits per heavy atom. The van der Waals surface area contributed by atoms with E-state index in [1.807, 2.05) is 0 Å². The first kappa shape index (κ1) is 14.2. The predicted octanol–water partition coefficient (Wildman–Crippen LogP) is 2.25.